The second-order valence-corrected chi connectivity index (χ2v) is 4.24. The molecule has 1 aromatic heterocycles. The van der Waals surface area contributed by atoms with E-state index < -0.39 is 0 Å². The predicted molar refractivity (Wildman–Crippen MR) is 71.1 cm³/mol. The molecular formula is C14H15N3O2. The van der Waals surface area contributed by atoms with Crippen molar-refractivity contribution in [3.8, 4) is 0 Å². The largest absolute Gasteiger partial charge is 0.344 e. The van der Waals surface area contributed by atoms with Crippen molar-refractivity contribution in [1.82, 2.24) is 15.1 Å². The zero-order valence-corrected chi connectivity index (χ0v) is 10.9. The number of amides is 1. The number of aromatic nitrogens is 2. The number of hydrogen-bond donors (Lipinski definition) is 1. The smallest absolute Gasteiger partial charge is 0.255 e. The van der Waals surface area contributed by atoms with Gasteiger partial charge in [0.05, 0.1) is 18.3 Å². The number of carbonyl (C=O) groups is 2. The summed E-state index contributed by atoms with van der Waals surface area (Å²) in [4.78, 5) is 23.7. The lowest BCUT2D eigenvalue weighted by atomic mass is 10.1. The van der Waals surface area contributed by atoms with Gasteiger partial charge in [0.2, 0.25) is 0 Å². The average molecular weight is 257 g/mol. The third-order valence-electron chi connectivity index (χ3n) is 2.99. The summed E-state index contributed by atoms with van der Waals surface area (Å²) in [7, 11) is 1.77. The van der Waals surface area contributed by atoms with Gasteiger partial charge in [-0.25, -0.2) is 0 Å². The van der Waals surface area contributed by atoms with Crippen molar-refractivity contribution < 1.29 is 9.59 Å². The van der Waals surface area contributed by atoms with Crippen LogP contribution in [0.3, 0.4) is 0 Å². The Morgan fingerprint density at radius 3 is 2.53 bits per heavy atom. The van der Waals surface area contributed by atoms with E-state index in [0.717, 1.165) is 5.69 Å². The van der Waals surface area contributed by atoms with Gasteiger partial charge in [0.1, 0.15) is 0 Å². The molecule has 0 saturated heterocycles. The van der Waals surface area contributed by atoms with Crippen LogP contribution < -0.4 is 5.32 Å². The molecule has 0 aliphatic carbocycles. The number of ketones is 1. The zero-order chi connectivity index (χ0) is 13.8. The lowest BCUT2D eigenvalue weighted by Crippen LogP contribution is -2.29. The molecule has 0 aliphatic rings. The molecule has 0 bridgehead atoms. The van der Waals surface area contributed by atoms with Crippen molar-refractivity contribution in [1.29, 1.82) is 0 Å². The Kier molecular flexibility index (Phi) is 3.75. The van der Waals surface area contributed by atoms with Gasteiger partial charge in [-0.2, -0.15) is 5.10 Å². The third kappa shape index (κ3) is 2.88. The first-order valence-corrected chi connectivity index (χ1v) is 5.94. The first-order valence-electron chi connectivity index (χ1n) is 5.94. The maximum atomic E-state index is 11.9. The Hall–Kier alpha value is -2.43. The SMILES string of the molecule is Cc1c(C(=O)NCC(=O)c2ccccc2)cnn1C. The Labute approximate surface area is 111 Å². The molecule has 1 N–H and O–H groups in total. The molecule has 2 aromatic rings. The molecule has 19 heavy (non-hydrogen) atoms. The van der Waals surface area contributed by atoms with E-state index in [2.05, 4.69) is 10.4 Å². The maximum absolute atomic E-state index is 11.9. The highest BCUT2D eigenvalue weighted by Crippen LogP contribution is 2.05. The van der Waals surface area contributed by atoms with E-state index in [1.54, 1.807) is 42.9 Å². The Balaban J connectivity index is 1.98. The van der Waals surface area contributed by atoms with Gasteiger partial charge in [-0.1, -0.05) is 30.3 Å². The minimum Gasteiger partial charge on any atom is -0.344 e. The van der Waals surface area contributed by atoms with Gasteiger partial charge < -0.3 is 5.32 Å². The number of carbonyl (C=O) groups excluding carboxylic acids is 2. The van der Waals surface area contributed by atoms with Gasteiger partial charge in [0.15, 0.2) is 5.78 Å². The van der Waals surface area contributed by atoms with Crippen LogP contribution in [-0.2, 0) is 7.05 Å². The van der Waals surface area contributed by atoms with E-state index in [0.29, 0.717) is 11.1 Å². The van der Waals surface area contributed by atoms with Gasteiger partial charge in [0.25, 0.3) is 5.91 Å². The van der Waals surface area contributed by atoms with Gasteiger partial charge in [-0.15, -0.1) is 0 Å². The molecule has 5 heteroatoms. The molecule has 98 valence electrons. The van der Waals surface area contributed by atoms with E-state index in [1.807, 2.05) is 6.07 Å². The van der Waals surface area contributed by atoms with Crippen LogP contribution >= 0.6 is 0 Å². The second-order valence-electron chi connectivity index (χ2n) is 4.24. The van der Waals surface area contributed by atoms with Crippen LogP contribution in [-0.4, -0.2) is 28.0 Å². The molecule has 0 radical (unpaired) electrons. The Morgan fingerprint density at radius 2 is 1.95 bits per heavy atom. The molecule has 0 saturated carbocycles. The monoisotopic (exact) mass is 257 g/mol. The summed E-state index contributed by atoms with van der Waals surface area (Å²) in [6, 6.07) is 8.88. The van der Waals surface area contributed by atoms with Crippen LogP contribution in [0.5, 0.6) is 0 Å². The Bertz CT molecular complexity index is 602. The van der Waals surface area contributed by atoms with E-state index in [4.69, 9.17) is 0 Å². The van der Waals surface area contributed by atoms with E-state index >= 15 is 0 Å². The predicted octanol–water partition coefficient (Wildman–Crippen LogP) is 1.34. The number of nitrogens with zero attached hydrogens (tertiary/aromatic N) is 2. The van der Waals surface area contributed by atoms with Crippen molar-refractivity contribution >= 4 is 11.7 Å². The van der Waals surface area contributed by atoms with Crippen LogP contribution in [0.2, 0.25) is 0 Å². The van der Waals surface area contributed by atoms with Crippen molar-refractivity contribution in [3.05, 3.63) is 53.3 Å². The van der Waals surface area contributed by atoms with Crippen LogP contribution in [0.25, 0.3) is 0 Å². The quantitative estimate of drug-likeness (QED) is 0.841. The highest BCUT2D eigenvalue weighted by Gasteiger charge is 2.14. The summed E-state index contributed by atoms with van der Waals surface area (Å²) in [5.74, 6) is -0.398. The first-order chi connectivity index (χ1) is 9.09. The van der Waals surface area contributed by atoms with Crippen LogP contribution in [0.1, 0.15) is 26.4 Å². The molecule has 1 amide bonds. The number of nitrogens with one attached hydrogen (secondary N) is 1. The Morgan fingerprint density at radius 1 is 1.26 bits per heavy atom. The number of aryl methyl sites for hydroxylation is 1. The number of hydrogen-bond acceptors (Lipinski definition) is 3. The summed E-state index contributed by atoms with van der Waals surface area (Å²) in [5, 5.41) is 6.60. The minimum atomic E-state index is -0.283. The summed E-state index contributed by atoms with van der Waals surface area (Å²) in [5.41, 5.74) is 1.85. The zero-order valence-electron chi connectivity index (χ0n) is 10.9. The summed E-state index contributed by atoms with van der Waals surface area (Å²) in [6.45, 7) is 1.79. The lowest BCUT2D eigenvalue weighted by molar-refractivity contribution is 0.0903. The van der Waals surface area contributed by atoms with E-state index in [-0.39, 0.29) is 18.2 Å². The average Bonchev–Trinajstić information content (AvgIpc) is 2.77. The molecule has 1 heterocycles. The molecule has 1 aromatic carbocycles. The number of benzene rings is 1. The molecule has 0 atom stereocenters. The fourth-order valence-corrected chi connectivity index (χ4v) is 1.70. The molecule has 0 aliphatic heterocycles. The van der Waals surface area contributed by atoms with Crippen LogP contribution in [0, 0.1) is 6.92 Å². The van der Waals surface area contributed by atoms with Crippen molar-refractivity contribution in [3.63, 3.8) is 0 Å². The molecule has 0 unspecified atom stereocenters. The fourth-order valence-electron chi connectivity index (χ4n) is 1.70. The maximum Gasteiger partial charge on any atom is 0.255 e. The molecule has 0 fully saturated rings. The summed E-state index contributed by atoms with van der Waals surface area (Å²) < 4.78 is 1.62. The first kappa shape index (κ1) is 13.0. The highest BCUT2D eigenvalue weighted by atomic mass is 16.2. The van der Waals surface area contributed by atoms with Crippen molar-refractivity contribution in [2.75, 3.05) is 6.54 Å². The fraction of sp³-hybridized carbons (Fsp3) is 0.214. The van der Waals surface area contributed by atoms with E-state index in [9.17, 15) is 9.59 Å². The van der Waals surface area contributed by atoms with Gasteiger partial charge >= 0.3 is 0 Å². The standard InChI is InChI=1S/C14H15N3O2/c1-10-12(8-16-17(10)2)14(19)15-9-13(18)11-6-4-3-5-7-11/h3-8H,9H2,1-2H3,(H,15,19). The molecule has 2 rings (SSSR count). The van der Waals surface area contributed by atoms with Crippen molar-refractivity contribution in [2.45, 2.75) is 6.92 Å². The van der Waals surface area contributed by atoms with Crippen LogP contribution in [0.4, 0.5) is 0 Å². The van der Waals surface area contributed by atoms with Gasteiger partial charge in [-0.05, 0) is 6.92 Å². The molecular weight excluding hydrogens is 242 g/mol. The van der Waals surface area contributed by atoms with Crippen molar-refractivity contribution in [2.24, 2.45) is 7.05 Å². The number of Topliss-reactive ketones (excluding diaryl/α,β-unsaturated/α-hetero) is 1. The topological polar surface area (TPSA) is 64.0 Å². The minimum absolute atomic E-state index is 0.0167. The third-order valence-corrected chi connectivity index (χ3v) is 2.99. The summed E-state index contributed by atoms with van der Waals surface area (Å²) >= 11 is 0. The molecule has 0 spiro atoms. The number of rotatable bonds is 4. The van der Waals surface area contributed by atoms with Gasteiger partial charge in [0, 0.05) is 18.3 Å². The molecule has 5 nitrogen and oxygen atoms in total. The highest BCUT2D eigenvalue weighted by molar-refractivity contribution is 6.02. The lowest BCUT2D eigenvalue weighted by Gasteiger charge is -2.04. The second kappa shape index (κ2) is 5.48. The van der Waals surface area contributed by atoms with Gasteiger partial charge in [-0.3, -0.25) is 14.3 Å². The summed E-state index contributed by atoms with van der Waals surface area (Å²) in [6.07, 6.45) is 1.50. The normalized spacial score (nSPS) is 10.2. The van der Waals surface area contributed by atoms with E-state index in [1.165, 1.54) is 6.20 Å². The van der Waals surface area contributed by atoms with Crippen LogP contribution in [0.15, 0.2) is 36.5 Å².